The first-order chi connectivity index (χ1) is 17.0. The molecule has 0 heterocycles. The molecule has 0 aliphatic carbocycles. The Morgan fingerprint density at radius 2 is 1.63 bits per heavy atom. The van der Waals surface area contributed by atoms with E-state index in [1.807, 2.05) is 30.3 Å². The number of nitrogens with one attached hydrogen (secondary N) is 2. The molecule has 8 heteroatoms. The van der Waals surface area contributed by atoms with Crippen LogP contribution in [0.15, 0.2) is 84.0 Å². The number of hydrazone groups is 1. The molecule has 2 N–H and O–H groups in total. The van der Waals surface area contributed by atoms with Crippen LogP contribution in [0.3, 0.4) is 0 Å². The quantitative estimate of drug-likeness (QED) is 0.245. The highest BCUT2D eigenvalue weighted by atomic mass is 35.5. The summed E-state index contributed by atoms with van der Waals surface area (Å²) in [5.74, 6) is 2.63. The van der Waals surface area contributed by atoms with Gasteiger partial charge >= 0.3 is 0 Å². The zero-order valence-corrected chi connectivity index (χ0v) is 19.6. The van der Waals surface area contributed by atoms with Gasteiger partial charge in [-0.05, 0) is 59.7 Å². The maximum absolute atomic E-state index is 12.8. The van der Waals surface area contributed by atoms with Gasteiger partial charge in [-0.15, -0.1) is 6.42 Å². The second kappa shape index (κ2) is 13.4. The van der Waals surface area contributed by atoms with Crippen LogP contribution in [0, 0.1) is 12.3 Å². The van der Waals surface area contributed by atoms with Gasteiger partial charge < -0.3 is 14.8 Å². The van der Waals surface area contributed by atoms with Crippen molar-refractivity contribution in [3.63, 3.8) is 0 Å². The molecular formula is C27H24ClN3O4. The Hall–Kier alpha value is -4.28. The molecule has 0 saturated heterocycles. The summed E-state index contributed by atoms with van der Waals surface area (Å²) < 4.78 is 10.8. The molecule has 0 aliphatic rings. The summed E-state index contributed by atoms with van der Waals surface area (Å²) in [7, 11) is 0. The summed E-state index contributed by atoms with van der Waals surface area (Å²) >= 11 is 5.86. The lowest BCUT2D eigenvalue weighted by molar-refractivity contribution is -0.130. The Labute approximate surface area is 209 Å². The third-order valence-electron chi connectivity index (χ3n) is 4.71. The number of amides is 2. The first-order valence-electron chi connectivity index (χ1n) is 10.7. The first kappa shape index (κ1) is 25.3. The number of carbonyl (C=O) groups is 2. The molecule has 3 rings (SSSR count). The number of hydrogen-bond donors (Lipinski definition) is 2. The van der Waals surface area contributed by atoms with Gasteiger partial charge in [0, 0.05) is 11.4 Å². The summed E-state index contributed by atoms with van der Waals surface area (Å²) in [6.07, 6.45) is 6.96. The fourth-order valence-corrected chi connectivity index (χ4v) is 3.12. The molecule has 0 spiro atoms. The van der Waals surface area contributed by atoms with Crippen molar-refractivity contribution in [1.29, 1.82) is 0 Å². The molecule has 35 heavy (non-hydrogen) atoms. The molecule has 7 nitrogen and oxygen atoms in total. The predicted molar refractivity (Wildman–Crippen MR) is 136 cm³/mol. The van der Waals surface area contributed by atoms with Gasteiger partial charge in [-0.3, -0.25) is 9.59 Å². The summed E-state index contributed by atoms with van der Waals surface area (Å²) in [5, 5.41) is 7.29. The Morgan fingerprint density at radius 3 is 2.31 bits per heavy atom. The third-order valence-corrected chi connectivity index (χ3v) is 4.96. The zero-order valence-electron chi connectivity index (χ0n) is 18.8. The standard InChI is InChI=1S/C27H24ClN3O4/c1-2-16-34-23-12-8-21(9-13-23)18-29-31-27(33)25(17-20-6-4-3-5-7-20)30-26(32)19-35-24-14-10-22(28)11-15-24/h1,3-15,18,25H,16-17,19H2,(H,30,32)(H,31,33)/b29-18-/t25-/m1/s1. The molecule has 0 aromatic heterocycles. The molecule has 2 amide bonds. The highest BCUT2D eigenvalue weighted by Gasteiger charge is 2.21. The molecule has 0 fully saturated rings. The van der Waals surface area contributed by atoms with Crippen molar-refractivity contribution in [3.8, 4) is 23.8 Å². The monoisotopic (exact) mass is 489 g/mol. The van der Waals surface area contributed by atoms with Crippen LogP contribution < -0.4 is 20.2 Å². The molecule has 3 aromatic rings. The number of hydrogen-bond acceptors (Lipinski definition) is 5. The summed E-state index contributed by atoms with van der Waals surface area (Å²) in [6.45, 7) is -0.0691. The second-order valence-electron chi connectivity index (χ2n) is 7.35. The van der Waals surface area contributed by atoms with E-state index < -0.39 is 17.9 Å². The van der Waals surface area contributed by atoms with E-state index in [0.29, 0.717) is 16.5 Å². The summed E-state index contributed by atoms with van der Waals surface area (Å²) in [6, 6.07) is 22.2. The largest absolute Gasteiger partial charge is 0.484 e. The van der Waals surface area contributed by atoms with E-state index in [-0.39, 0.29) is 19.6 Å². The van der Waals surface area contributed by atoms with Crippen molar-refractivity contribution < 1.29 is 19.1 Å². The minimum absolute atomic E-state index is 0.183. The van der Waals surface area contributed by atoms with E-state index in [1.54, 1.807) is 48.5 Å². The van der Waals surface area contributed by atoms with Crippen molar-refractivity contribution in [3.05, 3.63) is 95.0 Å². The van der Waals surface area contributed by atoms with Crippen molar-refractivity contribution in [2.45, 2.75) is 12.5 Å². The molecule has 0 radical (unpaired) electrons. The maximum atomic E-state index is 12.8. The van der Waals surface area contributed by atoms with Gasteiger partial charge in [0.1, 0.15) is 24.1 Å². The molecule has 0 aliphatic heterocycles. The van der Waals surface area contributed by atoms with Crippen molar-refractivity contribution >= 4 is 29.6 Å². The predicted octanol–water partition coefficient (Wildman–Crippen LogP) is 3.61. The topological polar surface area (TPSA) is 89.0 Å². The van der Waals surface area contributed by atoms with Crippen LogP contribution in [-0.2, 0) is 16.0 Å². The highest BCUT2D eigenvalue weighted by molar-refractivity contribution is 6.30. The number of halogens is 1. The Kier molecular flexibility index (Phi) is 9.73. The summed E-state index contributed by atoms with van der Waals surface area (Å²) in [5.41, 5.74) is 4.12. The van der Waals surface area contributed by atoms with Crippen LogP contribution in [0.1, 0.15) is 11.1 Å². The number of nitrogens with zero attached hydrogens (tertiary/aromatic N) is 1. The van der Waals surface area contributed by atoms with Crippen molar-refractivity contribution in [2.75, 3.05) is 13.2 Å². The first-order valence-corrected chi connectivity index (χ1v) is 11.1. The fourth-order valence-electron chi connectivity index (χ4n) is 3.00. The highest BCUT2D eigenvalue weighted by Crippen LogP contribution is 2.15. The van der Waals surface area contributed by atoms with E-state index in [1.165, 1.54) is 6.21 Å². The average Bonchev–Trinajstić information content (AvgIpc) is 2.88. The van der Waals surface area contributed by atoms with Crippen LogP contribution in [0.2, 0.25) is 5.02 Å². The summed E-state index contributed by atoms with van der Waals surface area (Å²) in [4.78, 5) is 25.3. The molecule has 0 saturated carbocycles. The van der Waals surface area contributed by atoms with Crippen LogP contribution in [0.4, 0.5) is 0 Å². The van der Waals surface area contributed by atoms with Crippen LogP contribution in [0.5, 0.6) is 11.5 Å². The van der Waals surface area contributed by atoms with Gasteiger partial charge in [-0.25, -0.2) is 5.43 Å². The lowest BCUT2D eigenvalue weighted by atomic mass is 10.1. The smallest absolute Gasteiger partial charge is 0.262 e. The van der Waals surface area contributed by atoms with E-state index in [9.17, 15) is 9.59 Å². The lowest BCUT2D eigenvalue weighted by Gasteiger charge is -2.17. The van der Waals surface area contributed by atoms with Gasteiger partial charge in [-0.1, -0.05) is 47.9 Å². The molecule has 0 bridgehead atoms. The van der Waals surface area contributed by atoms with E-state index >= 15 is 0 Å². The Morgan fingerprint density at radius 1 is 0.971 bits per heavy atom. The number of carbonyl (C=O) groups excluding carboxylic acids is 2. The average molecular weight is 490 g/mol. The third kappa shape index (κ3) is 8.88. The van der Waals surface area contributed by atoms with E-state index in [2.05, 4.69) is 21.8 Å². The number of terminal acetylenes is 1. The van der Waals surface area contributed by atoms with Gasteiger partial charge in [0.05, 0.1) is 6.21 Å². The Bertz CT molecular complexity index is 1170. The van der Waals surface area contributed by atoms with Gasteiger partial charge in [0.2, 0.25) is 0 Å². The maximum Gasteiger partial charge on any atom is 0.262 e. The normalized spacial score (nSPS) is 11.3. The van der Waals surface area contributed by atoms with Gasteiger partial charge in [0.25, 0.3) is 11.8 Å². The molecule has 0 unspecified atom stereocenters. The molecule has 1 atom stereocenters. The SMILES string of the molecule is C#CCOc1ccc(/C=N\NC(=O)[C@@H](Cc2ccccc2)NC(=O)COc2ccc(Cl)cc2)cc1. The van der Waals surface area contributed by atoms with Crippen LogP contribution >= 0.6 is 11.6 Å². The second-order valence-corrected chi connectivity index (χ2v) is 7.78. The zero-order chi connectivity index (χ0) is 24.9. The fraction of sp³-hybridized carbons (Fsp3) is 0.148. The lowest BCUT2D eigenvalue weighted by Crippen LogP contribution is -2.48. The number of benzene rings is 3. The number of rotatable bonds is 11. The Balaban J connectivity index is 1.59. The minimum Gasteiger partial charge on any atom is -0.484 e. The molecule has 3 aromatic carbocycles. The molecule has 178 valence electrons. The van der Waals surface area contributed by atoms with Crippen molar-refractivity contribution in [2.24, 2.45) is 5.10 Å². The van der Waals surface area contributed by atoms with E-state index in [0.717, 1.165) is 11.1 Å². The van der Waals surface area contributed by atoms with Gasteiger partial charge in [0.15, 0.2) is 6.61 Å². The van der Waals surface area contributed by atoms with Crippen LogP contribution in [0.25, 0.3) is 0 Å². The molecular weight excluding hydrogens is 466 g/mol. The van der Waals surface area contributed by atoms with Crippen molar-refractivity contribution in [1.82, 2.24) is 10.7 Å². The van der Waals surface area contributed by atoms with E-state index in [4.69, 9.17) is 27.5 Å². The van der Waals surface area contributed by atoms with Crippen LogP contribution in [-0.4, -0.2) is 37.3 Å². The minimum atomic E-state index is -0.851. The van der Waals surface area contributed by atoms with Gasteiger partial charge in [-0.2, -0.15) is 5.10 Å². The number of ether oxygens (including phenoxy) is 2.